The first-order valence-electron chi connectivity index (χ1n) is 8.74. The van der Waals surface area contributed by atoms with Gasteiger partial charge in [0.1, 0.15) is 0 Å². The zero-order valence-electron chi connectivity index (χ0n) is 15.5. The molecule has 0 fully saturated rings. The second-order valence-corrected chi connectivity index (χ2v) is 15.0. The van der Waals surface area contributed by atoms with Gasteiger partial charge in [0.2, 0.25) is 0 Å². The van der Waals surface area contributed by atoms with E-state index in [-0.39, 0.29) is 0 Å². The molecule has 0 radical (unpaired) electrons. The minimum absolute atomic E-state index is 0.315. The van der Waals surface area contributed by atoms with Crippen molar-refractivity contribution in [3.63, 3.8) is 0 Å². The Bertz CT molecular complexity index is 984. The maximum atomic E-state index is 14.0. The van der Waals surface area contributed by atoms with Crippen LogP contribution >= 0.6 is 0 Å². The monoisotopic (exact) mass is 604 g/mol. The molecule has 2 heterocycles. The summed E-state index contributed by atoms with van der Waals surface area (Å²) in [6, 6.07) is 5.05. The van der Waals surface area contributed by atoms with Crippen molar-refractivity contribution in [2.24, 2.45) is 0 Å². The van der Waals surface area contributed by atoms with E-state index in [9.17, 15) is 52.7 Å². The fourth-order valence-corrected chi connectivity index (χ4v) is 16.2. The molecule has 0 bridgehead atoms. The Morgan fingerprint density at radius 2 is 0.758 bits per heavy atom. The van der Waals surface area contributed by atoms with Crippen molar-refractivity contribution in [2.75, 3.05) is 0 Å². The summed E-state index contributed by atoms with van der Waals surface area (Å²) in [6.45, 7) is 0. The van der Waals surface area contributed by atoms with Crippen LogP contribution in [0.4, 0.5) is 52.7 Å². The summed E-state index contributed by atoms with van der Waals surface area (Å²) in [5.41, 5.74) is -13.6. The molecule has 0 saturated heterocycles. The van der Waals surface area contributed by atoms with Crippen molar-refractivity contribution in [3.8, 4) is 0 Å². The van der Waals surface area contributed by atoms with Crippen LogP contribution in [0.2, 0.25) is 0 Å². The Morgan fingerprint density at radius 1 is 0.485 bits per heavy atom. The zero-order chi connectivity index (χ0) is 24.9. The summed E-state index contributed by atoms with van der Waals surface area (Å²) >= 11 is -6.96. The van der Waals surface area contributed by atoms with Gasteiger partial charge >= 0.3 is 181 Å². The van der Waals surface area contributed by atoms with Crippen LogP contribution in [0.15, 0.2) is 48.5 Å². The van der Waals surface area contributed by atoms with Crippen LogP contribution in [0, 0.1) is 0 Å². The fourth-order valence-electron chi connectivity index (χ4n) is 4.24. The summed E-state index contributed by atoms with van der Waals surface area (Å²) < 4.78 is 174. The molecule has 180 valence electrons. The summed E-state index contributed by atoms with van der Waals surface area (Å²) in [7, 11) is 0. The third-order valence-electron chi connectivity index (χ3n) is 5.51. The molecule has 2 aromatic rings. The predicted octanol–water partition coefficient (Wildman–Crippen LogP) is 4.94. The molecule has 2 aliphatic heterocycles. The van der Waals surface area contributed by atoms with Crippen LogP contribution in [0.1, 0.15) is 11.1 Å². The van der Waals surface area contributed by atoms with Crippen LogP contribution in [-0.4, -0.2) is 43.9 Å². The molecule has 0 aliphatic carbocycles. The molecule has 1 spiro atoms. The van der Waals surface area contributed by atoms with Crippen LogP contribution in [-0.2, 0) is 17.4 Å². The average molecular weight is 603 g/mol. The average Bonchev–Trinajstić information content (AvgIpc) is 3.14. The number of halogens is 12. The first-order chi connectivity index (χ1) is 14.9. The SMILES string of the molecule is FC(F)(F)C1(C(F)(F)F)[O][Sn]2([O]C(C(F)(F)F)(C(F)(F)F)c3cccc[c]32)[c]2ccccc21. The van der Waals surface area contributed by atoms with Crippen LogP contribution < -0.4 is 7.16 Å². The van der Waals surface area contributed by atoms with Crippen molar-refractivity contribution < 1.29 is 58.8 Å². The van der Waals surface area contributed by atoms with Crippen LogP contribution in [0.3, 0.4) is 0 Å². The molecule has 33 heavy (non-hydrogen) atoms. The van der Waals surface area contributed by atoms with Gasteiger partial charge in [-0.05, 0) is 0 Å². The number of hydrogen-bond donors (Lipinski definition) is 0. The Kier molecular flexibility index (Phi) is 4.97. The van der Waals surface area contributed by atoms with Crippen molar-refractivity contribution in [1.82, 2.24) is 0 Å². The molecule has 2 aromatic carbocycles. The maximum absolute atomic E-state index is 14.0. The van der Waals surface area contributed by atoms with Gasteiger partial charge in [0.25, 0.3) is 0 Å². The van der Waals surface area contributed by atoms with E-state index >= 15 is 0 Å². The van der Waals surface area contributed by atoms with E-state index in [2.05, 4.69) is 6.15 Å². The number of benzene rings is 2. The van der Waals surface area contributed by atoms with Gasteiger partial charge in [0, 0.05) is 0 Å². The molecule has 15 heteroatoms. The van der Waals surface area contributed by atoms with E-state index in [0.29, 0.717) is 24.3 Å². The standard InChI is InChI=1S/2C9H4F6O.Sn/c2*10-8(11,12)7(16,9(13,14)15)6-4-2-1-3-5-6;/h2*1-4H;/q2*-1;+2. The van der Waals surface area contributed by atoms with E-state index in [4.69, 9.17) is 0 Å². The summed E-state index contributed by atoms with van der Waals surface area (Å²) in [4.78, 5) is 0. The van der Waals surface area contributed by atoms with Gasteiger partial charge in [-0.3, -0.25) is 0 Å². The summed E-state index contributed by atoms with van der Waals surface area (Å²) in [5, 5.41) is 0. The van der Waals surface area contributed by atoms with E-state index in [0.717, 1.165) is 24.3 Å². The van der Waals surface area contributed by atoms with E-state index in [1.807, 2.05) is 0 Å². The molecular formula is C18H8F12O2Sn. The zero-order valence-corrected chi connectivity index (χ0v) is 18.3. The molecule has 0 amide bonds. The number of rotatable bonds is 0. The summed E-state index contributed by atoms with van der Waals surface area (Å²) in [5.74, 6) is 0. The van der Waals surface area contributed by atoms with Gasteiger partial charge in [-0.1, -0.05) is 0 Å². The van der Waals surface area contributed by atoms with Gasteiger partial charge in [0.05, 0.1) is 0 Å². The van der Waals surface area contributed by atoms with Crippen LogP contribution in [0.5, 0.6) is 0 Å². The third-order valence-corrected chi connectivity index (χ3v) is 15.4. The number of fused-ring (bicyclic) bond motifs is 4. The number of hydrogen-bond acceptors (Lipinski definition) is 2. The second-order valence-electron chi connectivity index (χ2n) is 7.27. The van der Waals surface area contributed by atoms with Crippen molar-refractivity contribution in [1.29, 1.82) is 0 Å². The Balaban J connectivity index is 2.15. The topological polar surface area (TPSA) is 18.5 Å². The van der Waals surface area contributed by atoms with Gasteiger partial charge in [-0.2, -0.15) is 0 Å². The van der Waals surface area contributed by atoms with Gasteiger partial charge in [0.15, 0.2) is 0 Å². The molecule has 0 N–H and O–H groups in total. The first kappa shape index (κ1) is 24.4. The Morgan fingerprint density at radius 3 is 1.03 bits per heavy atom. The molecular weight excluding hydrogens is 595 g/mol. The molecule has 0 unspecified atom stereocenters. The molecule has 4 rings (SSSR count). The van der Waals surface area contributed by atoms with Crippen molar-refractivity contribution in [3.05, 3.63) is 59.7 Å². The summed E-state index contributed by atoms with van der Waals surface area (Å²) in [6.07, 6.45) is -25.2. The van der Waals surface area contributed by atoms with Crippen molar-refractivity contribution in [2.45, 2.75) is 35.9 Å². The van der Waals surface area contributed by atoms with Gasteiger partial charge in [-0.15, -0.1) is 0 Å². The molecule has 2 aliphatic rings. The molecule has 2 nitrogen and oxygen atoms in total. The first-order valence-corrected chi connectivity index (χ1v) is 13.9. The Labute approximate surface area is 181 Å². The number of alkyl halides is 12. The normalized spacial score (nSPS) is 21.2. The van der Waals surface area contributed by atoms with E-state index in [1.54, 1.807) is 0 Å². The third kappa shape index (κ3) is 2.85. The van der Waals surface area contributed by atoms with Gasteiger partial charge < -0.3 is 0 Å². The Hall–Kier alpha value is -1.68. The molecule has 0 aromatic heterocycles. The van der Waals surface area contributed by atoms with E-state index < -0.39 is 73.4 Å². The van der Waals surface area contributed by atoms with Gasteiger partial charge in [-0.25, -0.2) is 0 Å². The van der Waals surface area contributed by atoms with Crippen molar-refractivity contribution >= 4 is 26.4 Å². The van der Waals surface area contributed by atoms with Crippen LogP contribution in [0.25, 0.3) is 0 Å². The fraction of sp³-hybridized carbons (Fsp3) is 0.333. The molecule has 0 saturated carbocycles. The molecule has 0 atom stereocenters. The second kappa shape index (κ2) is 6.71. The predicted molar refractivity (Wildman–Crippen MR) is 87.7 cm³/mol. The van der Waals surface area contributed by atoms with E-state index in [1.165, 1.54) is 0 Å². The quantitative estimate of drug-likeness (QED) is 0.314. The minimum atomic E-state index is -6.96.